The third kappa shape index (κ3) is 4.47. The minimum absolute atomic E-state index is 0.0232. The maximum absolute atomic E-state index is 12.5. The van der Waals surface area contributed by atoms with Crippen LogP contribution in [0.4, 0.5) is 11.4 Å². The molecule has 0 unspecified atom stereocenters. The van der Waals surface area contributed by atoms with Crippen LogP contribution in [0.2, 0.25) is 0 Å². The van der Waals surface area contributed by atoms with Crippen LogP contribution in [0.3, 0.4) is 0 Å². The second kappa shape index (κ2) is 9.18. The van der Waals surface area contributed by atoms with E-state index in [4.69, 9.17) is 4.42 Å². The summed E-state index contributed by atoms with van der Waals surface area (Å²) in [5, 5.41) is 11.6. The Hall–Kier alpha value is -3.85. The average molecular weight is 475 g/mol. The van der Waals surface area contributed by atoms with E-state index in [-0.39, 0.29) is 11.6 Å². The van der Waals surface area contributed by atoms with E-state index in [0.29, 0.717) is 16.4 Å². The lowest BCUT2D eigenvalue weighted by atomic mass is 10.1. The predicted octanol–water partition coefficient (Wildman–Crippen LogP) is 4.96. The smallest absolute Gasteiger partial charge is 0.286 e. The second-order valence-electron chi connectivity index (χ2n) is 8.08. The van der Waals surface area contributed by atoms with Gasteiger partial charge in [-0.25, -0.2) is 0 Å². The number of amidine groups is 1. The van der Waals surface area contributed by atoms with Gasteiger partial charge >= 0.3 is 0 Å². The molecular formula is C25H22N4O4S. The topological polar surface area (TPSA) is 92.2 Å². The largest absolute Gasteiger partial charge is 0.457 e. The van der Waals surface area contributed by atoms with E-state index in [1.54, 1.807) is 30.3 Å². The van der Waals surface area contributed by atoms with Gasteiger partial charge in [0.05, 0.1) is 9.83 Å². The molecule has 0 aliphatic carbocycles. The first kappa shape index (κ1) is 22.0. The number of non-ortho nitro benzene ring substituents is 1. The van der Waals surface area contributed by atoms with Crippen molar-refractivity contribution < 1.29 is 14.1 Å². The van der Waals surface area contributed by atoms with Crippen LogP contribution in [0, 0.1) is 17.0 Å². The molecule has 0 bridgehead atoms. The average Bonchev–Trinajstić information content (AvgIpc) is 3.47. The molecule has 9 heteroatoms. The van der Waals surface area contributed by atoms with Gasteiger partial charge in [-0.05, 0) is 54.6 Å². The molecule has 1 amide bonds. The summed E-state index contributed by atoms with van der Waals surface area (Å²) >= 11 is 1.36. The van der Waals surface area contributed by atoms with Gasteiger partial charge in [0.15, 0.2) is 5.17 Å². The molecule has 0 radical (unpaired) electrons. The number of anilines is 1. The van der Waals surface area contributed by atoms with E-state index in [1.165, 1.54) is 35.1 Å². The number of carbonyl (C=O) groups excluding carboxylic acids is 1. The van der Waals surface area contributed by atoms with Crippen LogP contribution >= 0.6 is 11.8 Å². The molecule has 2 aliphatic rings. The van der Waals surface area contributed by atoms with Crippen molar-refractivity contribution in [1.29, 1.82) is 0 Å². The van der Waals surface area contributed by atoms with Gasteiger partial charge in [0, 0.05) is 55.6 Å². The van der Waals surface area contributed by atoms with E-state index in [2.05, 4.69) is 39.9 Å². The highest BCUT2D eigenvalue weighted by Gasteiger charge is 2.29. The van der Waals surface area contributed by atoms with Gasteiger partial charge in [0.2, 0.25) is 0 Å². The molecule has 8 nitrogen and oxygen atoms in total. The number of piperazine rings is 1. The second-order valence-corrected chi connectivity index (χ2v) is 9.09. The first-order valence-electron chi connectivity index (χ1n) is 10.9. The van der Waals surface area contributed by atoms with E-state index < -0.39 is 4.92 Å². The summed E-state index contributed by atoms with van der Waals surface area (Å²) in [5.41, 5.74) is 3.26. The predicted molar refractivity (Wildman–Crippen MR) is 134 cm³/mol. The third-order valence-corrected chi connectivity index (χ3v) is 6.92. The van der Waals surface area contributed by atoms with E-state index in [9.17, 15) is 14.9 Å². The summed E-state index contributed by atoms with van der Waals surface area (Å²) < 4.78 is 5.85. The van der Waals surface area contributed by atoms with Gasteiger partial charge in [0.1, 0.15) is 11.5 Å². The molecule has 5 rings (SSSR count). The quantitative estimate of drug-likeness (QED) is 0.300. The van der Waals surface area contributed by atoms with Crippen LogP contribution in [0.25, 0.3) is 17.4 Å². The summed E-state index contributed by atoms with van der Waals surface area (Å²) in [6, 6.07) is 18.1. The molecule has 34 heavy (non-hydrogen) atoms. The van der Waals surface area contributed by atoms with Gasteiger partial charge in [-0.2, -0.15) is 4.99 Å². The fourth-order valence-corrected chi connectivity index (χ4v) is 5.00. The lowest BCUT2D eigenvalue weighted by Crippen LogP contribution is -2.48. The van der Waals surface area contributed by atoms with E-state index in [1.807, 2.05) is 6.07 Å². The number of para-hydroxylation sites is 1. The zero-order chi connectivity index (χ0) is 23.7. The van der Waals surface area contributed by atoms with Crippen LogP contribution in [0.15, 0.2) is 75.0 Å². The first-order chi connectivity index (χ1) is 16.5. The minimum Gasteiger partial charge on any atom is -0.457 e. The molecular weight excluding hydrogens is 452 g/mol. The van der Waals surface area contributed by atoms with Crippen LogP contribution in [0.1, 0.15) is 11.3 Å². The van der Waals surface area contributed by atoms with E-state index >= 15 is 0 Å². The molecule has 2 aliphatic heterocycles. The summed E-state index contributed by atoms with van der Waals surface area (Å²) in [4.78, 5) is 32.2. The lowest BCUT2D eigenvalue weighted by molar-refractivity contribution is -0.384. The molecule has 1 fully saturated rings. The highest BCUT2D eigenvalue weighted by atomic mass is 32.2. The fraction of sp³-hybridized carbons (Fsp3) is 0.200. The first-order valence-corrected chi connectivity index (χ1v) is 11.7. The number of aryl methyl sites for hydroxylation is 1. The Bertz CT molecular complexity index is 1300. The summed E-state index contributed by atoms with van der Waals surface area (Å²) in [5.74, 6) is 0.838. The van der Waals surface area contributed by atoms with Crippen molar-refractivity contribution in [3.63, 3.8) is 0 Å². The normalized spacial score (nSPS) is 17.4. The van der Waals surface area contributed by atoms with Crippen LogP contribution in [-0.2, 0) is 4.79 Å². The lowest BCUT2D eigenvalue weighted by Gasteiger charge is -2.37. The summed E-state index contributed by atoms with van der Waals surface area (Å²) in [6.45, 7) is 5.45. The molecule has 0 atom stereocenters. The molecule has 3 aromatic rings. The number of hydrogen-bond donors (Lipinski definition) is 0. The molecule has 1 aromatic heterocycles. The van der Waals surface area contributed by atoms with Crippen LogP contribution in [-0.4, -0.2) is 47.1 Å². The number of nitrogens with zero attached hydrogens (tertiary/aromatic N) is 4. The van der Waals surface area contributed by atoms with Gasteiger partial charge in [0.25, 0.3) is 11.6 Å². The van der Waals surface area contributed by atoms with Gasteiger partial charge in [-0.15, -0.1) is 0 Å². The maximum Gasteiger partial charge on any atom is 0.286 e. The van der Waals surface area contributed by atoms with Gasteiger partial charge in [-0.3, -0.25) is 14.9 Å². The Kier molecular flexibility index (Phi) is 5.93. The van der Waals surface area contributed by atoms with Crippen LogP contribution in [0.5, 0.6) is 0 Å². The number of carbonyl (C=O) groups is 1. The van der Waals surface area contributed by atoms with E-state index in [0.717, 1.165) is 36.9 Å². The Morgan fingerprint density at radius 1 is 1.00 bits per heavy atom. The molecule has 3 heterocycles. The van der Waals surface area contributed by atoms with Crippen molar-refractivity contribution >= 4 is 40.3 Å². The highest BCUT2D eigenvalue weighted by molar-refractivity contribution is 8.18. The van der Waals surface area contributed by atoms with Crippen molar-refractivity contribution in [3.05, 3.63) is 87.0 Å². The number of hydrogen-bond acceptors (Lipinski definition) is 7. The van der Waals surface area contributed by atoms with Crippen molar-refractivity contribution in [3.8, 4) is 11.3 Å². The molecule has 0 spiro atoms. The zero-order valence-corrected chi connectivity index (χ0v) is 19.3. The number of nitro groups is 1. The molecule has 0 N–H and O–H groups in total. The zero-order valence-electron chi connectivity index (χ0n) is 18.5. The Balaban J connectivity index is 1.23. The maximum atomic E-state index is 12.5. The molecule has 0 saturated carbocycles. The standard InChI is InChI=1S/C25H22N4O4S/c1-17-4-2-3-5-21(17)27-12-14-28(15-13-27)25-26-24(30)23(34-25)16-20-10-11-22(33-20)18-6-8-19(9-7-18)29(31)32/h2-11,16H,12-15H2,1H3/b23-16+. The number of amides is 1. The molecule has 1 saturated heterocycles. The summed E-state index contributed by atoms with van der Waals surface area (Å²) in [6.07, 6.45) is 1.70. The number of furan rings is 1. The monoisotopic (exact) mass is 474 g/mol. The van der Waals surface area contributed by atoms with Crippen LogP contribution < -0.4 is 4.90 Å². The Morgan fingerprint density at radius 3 is 2.41 bits per heavy atom. The Labute approximate surface area is 200 Å². The van der Waals surface area contributed by atoms with Crippen molar-refractivity contribution in [2.45, 2.75) is 6.92 Å². The number of thioether (sulfide) groups is 1. The van der Waals surface area contributed by atoms with Crippen molar-refractivity contribution in [2.75, 3.05) is 31.1 Å². The number of aliphatic imine (C=N–C) groups is 1. The number of rotatable bonds is 4. The molecule has 2 aromatic carbocycles. The van der Waals surface area contributed by atoms with Crippen molar-refractivity contribution in [1.82, 2.24) is 4.90 Å². The number of benzene rings is 2. The summed E-state index contributed by atoms with van der Waals surface area (Å²) in [7, 11) is 0. The molecule has 172 valence electrons. The highest BCUT2D eigenvalue weighted by Crippen LogP contribution is 2.33. The SMILES string of the molecule is Cc1ccccc1N1CCN(C2=NC(=O)/C(=C\c3ccc(-c4ccc([N+](=O)[O-])cc4)o3)S2)CC1. The fourth-order valence-electron chi connectivity index (χ4n) is 4.05. The number of nitro benzene ring substituents is 1. The van der Waals surface area contributed by atoms with Gasteiger partial charge < -0.3 is 14.2 Å². The van der Waals surface area contributed by atoms with Gasteiger partial charge in [-0.1, -0.05) is 18.2 Å². The third-order valence-electron chi connectivity index (χ3n) is 5.88. The Morgan fingerprint density at radius 2 is 1.71 bits per heavy atom. The minimum atomic E-state index is -0.440. The van der Waals surface area contributed by atoms with Crippen molar-refractivity contribution in [2.24, 2.45) is 4.99 Å².